The smallest absolute Gasteiger partial charge is 0.249 e. The summed E-state index contributed by atoms with van der Waals surface area (Å²) in [6.07, 6.45) is 1.90. The van der Waals surface area contributed by atoms with Crippen molar-refractivity contribution in [2.24, 2.45) is 0 Å². The summed E-state index contributed by atoms with van der Waals surface area (Å²) in [5.41, 5.74) is 2.59. The summed E-state index contributed by atoms with van der Waals surface area (Å²) in [7, 11) is -2.97. The quantitative estimate of drug-likeness (QED) is 0.718. The van der Waals surface area contributed by atoms with E-state index in [0.29, 0.717) is 26.2 Å². The normalized spacial score (nSPS) is 29.3. The maximum absolute atomic E-state index is 12.5. The number of hydrogen-bond donors (Lipinski definition) is 1. The molecule has 0 unspecified atom stereocenters. The molecule has 30 heavy (non-hydrogen) atoms. The van der Waals surface area contributed by atoms with Crippen LogP contribution in [0.2, 0.25) is 0 Å². The Labute approximate surface area is 175 Å². The van der Waals surface area contributed by atoms with E-state index in [1.54, 1.807) is 0 Å². The van der Waals surface area contributed by atoms with Crippen molar-refractivity contribution >= 4 is 21.4 Å². The van der Waals surface area contributed by atoms with Crippen molar-refractivity contribution in [2.45, 2.75) is 37.6 Å². The van der Waals surface area contributed by atoms with E-state index in [-0.39, 0.29) is 23.5 Å². The molecule has 1 spiro atoms. The molecule has 1 amide bonds. The molecule has 0 saturated carbocycles. The summed E-state index contributed by atoms with van der Waals surface area (Å²) in [6, 6.07) is 5.68. The first-order valence-corrected chi connectivity index (χ1v) is 12.1. The molecule has 5 heterocycles. The number of imidazole rings is 1. The number of pyridine rings is 1. The Morgan fingerprint density at radius 3 is 3.00 bits per heavy atom. The van der Waals surface area contributed by atoms with Crippen molar-refractivity contribution in [1.29, 1.82) is 0 Å². The van der Waals surface area contributed by atoms with Crippen molar-refractivity contribution in [1.82, 2.24) is 19.6 Å². The highest BCUT2D eigenvalue weighted by molar-refractivity contribution is 7.92. The minimum absolute atomic E-state index is 0.0134. The number of fused-ring (bicyclic) bond motifs is 1. The summed E-state index contributed by atoms with van der Waals surface area (Å²) in [5, 5.41) is 2.79. The number of rotatable bonds is 4. The number of hydrogen-bond acceptors (Lipinski definition) is 7. The van der Waals surface area contributed by atoms with Gasteiger partial charge in [0.25, 0.3) is 0 Å². The molecule has 9 nitrogen and oxygen atoms in total. The summed E-state index contributed by atoms with van der Waals surface area (Å²) in [4.78, 5) is 19.5. The minimum Gasteiger partial charge on any atom is -0.370 e. The molecule has 2 aromatic heterocycles. The number of nitrogens with one attached hydrogen (secondary N) is 1. The van der Waals surface area contributed by atoms with Crippen molar-refractivity contribution in [3.05, 3.63) is 35.8 Å². The highest BCUT2D eigenvalue weighted by Crippen LogP contribution is 2.32. The zero-order valence-electron chi connectivity index (χ0n) is 16.9. The lowest BCUT2D eigenvalue weighted by Crippen LogP contribution is -2.55. The van der Waals surface area contributed by atoms with Gasteiger partial charge in [-0.3, -0.25) is 9.69 Å². The van der Waals surface area contributed by atoms with E-state index in [4.69, 9.17) is 9.47 Å². The van der Waals surface area contributed by atoms with Crippen LogP contribution in [0, 0.1) is 6.92 Å². The van der Waals surface area contributed by atoms with Gasteiger partial charge in [-0.25, -0.2) is 13.4 Å². The lowest BCUT2D eigenvalue weighted by molar-refractivity contribution is -0.130. The monoisotopic (exact) mass is 434 g/mol. The molecule has 0 aliphatic carbocycles. The molecule has 2 aromatic rings. The Bertz CT molecular complexity index is 1070. The summed E-state index contributed by atoms with van der Waals surface area (Å²) >= 11 is 0. The van der Waals surface area contributed by atoms with Crippen molar-refractivity contribution in [3.63, 3.8) is 0 Å². The van der Waals surface area contributed by atoms with Crippen molar-refractivity contribution < 1.29 is 22.7 Å². The van der Waals surface area contributed by atoms with Crippen LogP contribution < -0.4 is 5.32 Å². The molecule has 10 heteroatoms. The number of carbonyl (C=O) groups is 1. The third-order valence-electron chi connectivity index (χ3n) is 6.18. The van der Waals surface area contributed by atoms with Gasteiger partial charge in [-0.2, -0.15) is 0 Å². The Hall–Kier alpha value is -2.01. The predicted octanol–water partition coefficient (Wildman–Crippen LogP) is -0.0842. The Morgan fingerprint density at radius 2 is 2.20 bits per heavy atom. The predicted molar refractivity (Wildman–Crippen MR) is 109 cm³/mol. The largest absolute Gasteiger partial charge is 0.370 e. The average molecular weight is 435 g/mol. The molecule has 162 valence electrons. The van der Waals surface area contributed by atoms with Gasteiger partial charge < -0.3 is 19.2 Å². The van der Waals surface area contributed by atoms with Crippen LogP contribution in [-0.2, 0) is 30.7 Å². The topological polar surface area (TPSA) is 102 Å². The number of amides is 1. The van der Waals surface area contributed by atoms with Gasteiger partial charge >= 0.3 is 0 Å². The van der Waals surface area contributed by atoms with Crippen LogP contribution in [0.4, 0.5) is 0 Å². The minimum atomic E-state index is -2.97. The van der Waals surface area contributed by atoms with E-state index in [1.807, 2.05) is 31.3 Å². The molecular formula is C20H26N4O5S. The third-order valence-corrected chi connectivity index (χ3v) is 8.00. The van der Waals surface area contributed by atoms with Crippen LogP contribution >= 0.6 is 0 Å². The fourth-order valence-corrected chi connectivity index (χ4v) is 5.95. The van der Waals surface area contributed by atoms with Gasteiger partial charge in [0.2, 0.25) is 5.91 Å². The molecule has 1 N–H and O–H groups in total. The van der Waals surface area contributed by atoms with Gasteiger partial charge in [0.05, 0.1) is 42.1 Å². The Balaban J connectivity index is 1.23. The maximum Gasteiger partial charge on any atom is 0.249 e. The standard InChI is InChI=1S/C20H26N4O5S/c1-14-16(24-5-3-2-4-18(24)21-14)9-23-6-7-29-20(12-23)8-17(28-13-20)19(25)22-15-10-30(26,27)11-15/h2-5,15,17H,6-13H2,1H3,(H,22,25)/t17-,20-/m0/s1. The van der Waals surface area contributed by atoms with Gasteiger partial charge in [0, 0.05) is 32.3 Å². The lowest BCUT2D eigenvalue weighted by Gasteiger charge is -2.39. The number of aryl methyl sites for hydroxylation is 1. The Morgan fingerprint density at radius 1 is 1.37 bits per heavy atom. The van der Waals surface area contributed by atoms with Crippen LogP contribution in [0.1, 0.15) is 17.8 Å². The molecule has 0 radical (unpaired) electrons. The number of aromatic nitrogens is 2. The van der Waals surface area contributed by atoms with Crippen molar-refractivity contribution in [2.75, 3.05) is 37.8 Å². The molecule has 3 aliphatic rings. The first-order valence-electron chi connectivity index (χ1n) is 10.2. The highest BCUT2D eigenvalue weighted by Gasteiger charge is 2.48. The van der Waals surface area contributed by atoms with E-state index < -0.39 is 21.5 Å². The van der Waals surface area contributed by atoms with Crippen LogP contribution in [0.15, 0.2) is 24.4 Å². The van der Waals surface area contributed by atoms with E-state index >= 15 is 0 Å². The van der Waals surface area contributed by atoms with Crippen molar-refractivity contribution in [3.8, 4) is 0 Å². The first-order chi connectivity index (χ1) is 14.3. The van der Waals surface area contributed by atoms with E-state index in [2.05, 4.69) is 19.6 Å². The highest BCUT2D eigenvalue weighted by atomic mass is 32.2. The van der Waals surface area contributed by atoms with Gasteiger partial charge in [-0.05, 0) is 19.1 Å². The van der Waals surface area contributed by atoms with E-state index in [1.165, 1.54) is 0 Å². The maximum atomic E-state index is 12.5. The SMILES string of the molecule is Cc1nc2ccccn2c1CN1CCO[C@]2(CO[C@H](C(=O)NC3CS(=O)(=O)C3)C2)C1. The zero-order valence-corrected chi connectivity index (χ0v) is 17.7. The van der Waals surface area contributed by atoms with Gasteiger partial charge in [0.1, 0.15) is 17.4 Å². The lowest BCUT2D eigenvalue weighted by atomic mass is 9.97. The van der Waals surface area contributed by atoms with E-state index in [9.17, 15) is 13.2 Å². The second-order valence-corrected chi connectivity index (χ2v) is 10.8. The fraction of sp³-hybridized carbons (Fsp3) is 0.600. The summed E-state index contributed by atoms with van der Waals surface area (Å²) in [5.74, 6) is -0.218. The fourth-order valence-electron chi connectivity index (χ4n) is 4.65. The van der Waals surface area contributed by atoms with Crippen LogP contribution in [0.5, 0.6) is 0 Å². The molecule has 3 saturated heterocycles. The number of morpholine rings is 1. The summed E-state index contributed by atoms with van der Waals surface area (Å²) < 4.78 is 36.6. The molecule has 0 bridgehead atoms. The second kappa shape index (κ2) is 7.30. The number of ether oxygens (including phenoxy) is 2. The molecular weight excluding hydrogens is 408 g/mol. The van der Waals surface area contributed by atoms with E-state index in [0.717, 1.165) is 30.1 Å². The van der Waals surface area contributed by atoms with Gasteiger partial charge in [0.15, 0.2) is 9.84 Å². The molecule has 3 fully saturated rings. The molecule has 3 aliphatic heterocycles. The van der Waals surface area contributed by atoms with Gasteiger partial charge in [-0.1, -0.05) is 6.07 Å². The molecule has 2 atom stereocenters. The van der Waals surface area contributed by atoms with Crippen LogP contribution in [0.25, 0.3) is 5.65 Å². The average Bonchev–Trinajstić information content (AvgIpc) is 3.22. The number of nitrogens with zero attached hydrogens (tertiary/aromatic N) is 3. The molecule has 5 rings (SSSR count). The molecule has 0 aromatic carbocycles. The second-order valence-electron chi connectivity index (χ2n) is 8.60. The van der Waals surface area contributed by atoms with Crippen LogP contribution in [-0.4, -0.2) is 84.2 Å². The number of carbonyl (C=O) groups excluding carboxylic acids is 1. The first kappa shape index (κ1) is 19.9. The van der Waals surface area contributed by atoms with Gasteiger partial charge in [-0.15, -0.1) is 0 Å². The third kappa shape index (κ3) is 3.73. The number of sulfone groups is 1. The zero-order chi connectivity index (χ0) is 20.9. The summed E-state index contributed by atoms with van der Waals surface area (Å²) in [6.45, 7) is 5.19. The Kier molecular flexibility index (Phi) is 4.85. The van der Waals surface area contributed by atoms with Crippen LogP contribution in [0.3, 0.4) is 0 Å².